The summed E-state index contributed by atoms with van der Waals surface area (Å²) >= 11 is 0. The van der Waals surface area contributed by atoms with E-state index in [1.807, 2.05) is 36.0 Å². The molecule has 1 aromatic heterocycles. The standard InChI is InChI=1S/C18H21N2.Y/c1-5-17(15(2)3)8-7-16(4)9-10-18(11-12-18)20-14-6-13-19-20;/h5-7,13-15H,1,11-12H2,2-4H3;/q-1;/b16-7+;. The minimum Gasteiger partial charge on any atom is -0.255 e. The number of hydrogen-bond donors (Lipinski definition) is 0. The van der Waals surface area contributed by atoms with E-state index < -0.39 is 0 Å². The molecular weight excluding hydrogens is 333 g/mol. The van der Waals surface area contributed by atoms with Gasteiger partial charge in [-0.05, 0) is 24.8 Å². The monoisotopic (exact) mass is 354 g/mol. The zero-order valence-corrected chi connectivity index (χ0v) is 15.9. The van der Waals surface area contributed by atoms with Crippen LogP contribution in [0.3, 0.4) is 0 Å². The van der Waals surface area contributed by atoms with Crippen molar-refractivity contribution in [3.05, 3.63) is 54.4 Å². The summed E-state index contributed by atoms with van der Waals surface area (Å²) in [5.41, 5.74) is 2.06. The quantitative estimate of drug-likeness (QED) is 0.456. The first-order chi connectivity index (χ1) is 9.57. The van der Waals surface area contributed by atoms with Crippen LogP contribution in [-0.4, -0.2) is 9.78 Å². The van der Waals surface area contributed by atoms with Crippen molar-refractivity contribution in [2.24, 2.45) is 5.92 Å². The molecule has 3 heteroatoms. The molecule has 0 bridgehead atoms. The Morgan fingerprint density at radius 3 is 2.67 bits per heavy atom. The van der Waals surface area contributed by atoms with Gasteiger partial charge in [0.25, 0.3) is 0 Å². The third-order valence-electron chi connectivity index (χ3n) is 3.46. The average Bonchev–Trinajstić information content (AvgIpc) is 3.00. The van der Waals surface area contributed by atoms with Crippen LogP contribution in [0, 0.1) is 23.8 Å². The van der Waals surface area contributed by atoms with Crippen molar-refractivity contribution < 1.29 is 32.7 Å². The molecule has 1 radical (unpaired) electrons. The second kappa shape index (κ2) is 7.92. The van der Waals surface area contributed by atoms with Crippen molar-refractivity contribution >= 4 is 0 Å². The van der Waals surface area contributed by atoms with E-state index in [0.717, 1.165) is 24.0 Å². The fourth-order valence-corrected chi connectivity index (χ4v) is 1.96. The first-order valence-electron chi connectivity index (χ1n) is 7.03. The summed E-state index contributed by atoms with van der Waals surface area (Å²) in [6, 6.07) is 1.94. The number of aromatic nitrogens is 2. The maximum absolute atomic E-state index is 4.30. The number of nitrogens with zero attached hydrogens (tertiary/aromatic N) is 2. The number of allylic oxidation sites excluding steroid dienone is 5. The Kier molecular flexibility index (Phi) is 6.84. The van der Waals surface area contributed by atoms with Gasteiger partial charge < -0.3 is 0 Å². The Morgan fingerprint density at radius 2 is 2.19 bits per heavy atom. The molecule has 0 aliphatic heterocycles. The van der Waals surface area contributed by atoms with Crippen LogP contribution in [0.5, 0.6) is 0 Å². The van der Waals surface area contributed by atoms with Crippen LogP contribution in [0.1, 0.15) is 33.6 Å². The molecule has 0 aromatic carbocycles. The number of hydrogen-bond acceptors (Lipinski definition) is 1. The predicted molar refractivity (Wildman–Crippen MR) is 82.8 cm³/mol. The van der Waals surface area contributed by atoms with Crippen LogP contribution in [0.2, 0.25) is 0 Å². The molecule has 21 heavy (non-hydrogen) atoms. The van der Waals surface area contributed by atoms with Crippen molar-refractivity contribution in [2.75, 3.05) is 0 Å². The van der Waals surface area contributed by atoms with Gasteiger partial charge in [-0.15, -0.1) is 5.92 Å². The van der Waals surface area contributed by atoms with Gasteiger partial charge in [0.1, 0.15) is 5.54 Å². The Morgan fingerprint density at radius 1 is 1.48 bits per heavy atom. The summed E-state index contributed by atoms with van der Waals surface area (Å²) in [5.74, 6) is 7.02. The molecule has 0 spiro atoms. The second-order valence-corrected chi connectivity index (χ2v) is 5.52. The van der Waals surface area contributed by atoms with Gasteiger partial charge in [-0.2, -0.15) is 35.5 Å². The zero-order chi connectivity index (χ0) is 14.6. The van der Waals surface area contributed by atoms with E-state index in [1.54, 1.807) is 6.20 Å². The molecular formula is C18H21N2Y-. The van der Waals surface area contributed by atoms with Crippen LogP contribution in [-0.2, 0) is 38.2 Å². The van der Waals surface area contributed by atoms with Crippen LogP contribution >= 0.6 is 0 Å². The Bertz CT molecular complexity index is 591. The third-order valence-corrected chi connectivity index (χ3v) is 3.46. The fourth-order valence-electron chi connectivity index (χ4n) is 1.96. The van der Waals surface area contributed by atoms with E-state index in [-0.39, 0.29) is 38.2 Å². The molecule has 0 saturated heterocycles. The summed E-state index contributed by atoms with van der Waals surface area (Å²) in [5, 5.41) is 4.30. The van der Waals surface area contributed by atoms with Gasteiger partial charge >= 0.3 is 0 Å². The Labute approximate surface area is 153 Å². The van der Waals surface area contributed by atoms with Crippen LogP contribution in [0.25, 0.3) is 0 Å². The summed E-state index contributed by atoms with van der Waals surface area (Å²) in [6.07, 6.45) is 13.0. The molecule has 0 atom stereocenters. The van der Waals surface area contributed by atoms with Gasteiger partial charge in [0.05, 0.1) is 0 Å². The van der Waals surface area contributed by atoms with Crippen LogP contribution in [0.4, 0.5) is 0 Å². The van der Waals surface area contributed by atoms with E-state index >= 15 is 0 Å². The van der Waals surface area contributed by atoms with Gasteiger partial charge in [0.2, 0.25) is 0 Å². The first-order valence-corrected chi connectivity index (χ1v) is 7.03. The van der Waals surface area contributed by atoms with Gasteiger partial charge in [-0.25, -0.2) is 0 Å². The van der Waals surface area contributed by atoms with E-state index in [2.05, 4.69) is 43.4 Å². The Hall–Kier alpha value is -0.906. The van der Waals surface area contributed by atoms with Gasteiger partial charge in [0.15, 0.2) is 0 Å². The summed E-state index contributed by atoms with van der Waals surface area (Å²) in [7, 11) is 0. The van der Waals surface area contributed by atoms with Gasteiger partial charge in [-0.1, -0.05) is 32.3 Å². The average molecular weight is 354 g/mol. The predicted octanol–water partition coefficient (Wildman–Crippen LogP) is 3.89. The summed E-state index contributed by atoms with van der Waals surface area (Å²) in [4.78, 5) is 0. The molecule has 1 heterocycles. The Balaban J connectivity index is 0.00000220. The molecule has 2 rings (SSSR count). The smallest absolute Gasteiger partial charge is 0.122 e. The topological polar surface area (TPSA) is 17.8 Å². The van der Waals surface area contributed by atoms with E-state index in [1.165, 1.54) is 0 Å². The SMILES string of the molecule is C=CC(=[C-]/C=C(\C)C#CC1(n2cccn2)CC1)C(C)C.[Y]. The van der Waals surface area contributed by atoms with Crippen molar-refractivity contribution in [1.29, 1.82) is 0 Å². The van der Waals surface area contributed by atoms with Crippen LogP contribution in [0.15, 0.2) is 48.3 Å². The van der Waals surface area contributed by atoms with Crippen molar-refractivity contribution in [2.45, 2.75) is 39.2 Å². The summed E-state index contributed by atoms with van der Waals surface area (Å²) in [6.45, 7) is 10.1. The molecule has 0 N–H and O–H groups in total. The molecule has 0 amide bonds. The molecule has 1 aliphatic carbocycles. The van der Waals surface area contributed by atoms with Crippen molar-refractivity contribution in [1.82, 2.24) is 9.78 Å². The largest absolute Gasteiger partial charge is 0.255 e. The minimum absolute atomic E-state index is 0. The third kappa shape index (κ3) is 4.80. The van der Waals surface area contributed by atoms with Crippen molar-refractivity contribution in [3.63, 3.8) is 0 Å². The molecule has 1 saturated carbocycles. The molecule has 0 unspecified atom stereocenters. The zero-order valence-electron chi connectivity index (χ0n) is 13.1. The molecule has 1 fully saturated rings. The fraction of sp³-hybridized carbons (Fsp3) is 0.389. The second-order valence-electron chi connectivity index (χ2n) is 5.52. The molecule has 1 aromatic rings. The molecule has 1 aliphatic rings. The first kappa shape index (κ1) is 18.1. The summed E-state index contributed by atoms with van der Waals surface area (Å²) < 4.78 is 1.97. The van der Waals surface area contributed by atoms with Gasteiger partial charge in [0, 0.05) is 45.1 Å². The molecule has 2 nitrogen and oxygen atoms in total. The molecule has 107 valence electrons. The van der Waals surface area contributed by atoms with E-state index in [0.29, 0.717) is 5.92 Å². The maximum atomic E-state index is 4.30. The van der Waals surface area contributed by atoms with Crippen molar-refractivity contribution in [3.8, 4) is 11.8 Å². The minimum atomic E-state index is -0.0678. The number of rotatable bonds is 4. The normalized spacial score (nSPS) is 16.8. The van der Waals surface area contributed by atoms with E-state index in [4.69, 9.17) is 0 Å². The van der Waals surface area contributed by atoms with Gasteiger partial charge in [-0.3, -0.25) is 4.68 Å². The van der Waals surface area contributed by atoms with E-state index in [9.17, 15) is 0 Å². The maximum Gasteiger partial charge on any atom is 0.122 e. The van der Waals surface area contributed by atoms with Crippen LogP contribution < -0.4 is 0 Å².